The predicted molar refractivity (Wildman–Crippen MR) is 65.2 cm³/mol. The van der Waals surface area contributed by atoms with E-state index < -0.39 is 0 Å². The highest BCUT2D eigenvalue weighted by Crippen LogP contribution is 2.24. The lowest BCUT2D eigenvalue weighted by Gasteiger charge is -2.41. The van der Waals surface area contributed by atoms with Crippen molar-refractivity contribution < 1.29 is 4.79 Å². The van der Waals surface area contributed by atoms with Crippen LogP contribution in [0.3, 0.4) is 0 Å². The van der Waals surface area contributed by atoms with Crippen molar-refractivity contribution in [2.75, 3.05) is 32.7 Å². The topological polar surface area (TPSA) is 23.6 Å². The van der Waals surface area contributed by atoms with Crippen molar-refractivity contribution >= 4 is 5.91 Å². The molecule has 0 bridgehead atoms. The normalized spacial score (nSPS) is 24.5. The Kier molecular flexibility index (Phi) is 3.85. The average molecular weight is 224 g/mol. The Morgan fingerprint density at radius 1 is 1.19 bits per heavy atom. The number of amides is 1. The largest absolute Gasteiger partial charge is 0.342 e. The zero-order valence-corrected chi connectivity index (χ0v) is 10.6. The second-order valence-electron chi connectivity index (χ2n) is 5.23. The SMILES string of the molecule is CCC1CCN(C(=O)C2CN(CC)C2)CC1. The van der Waals surface area contributed by atoms with Gasteiger partial charge in [0.2, 0.25) is 5.91 Å². The van der Waals surface area contributed by atoms with E-state index in [9.17, 15) is 4.79 Å². The zero-order chi connectivity index (χ0) is 11.5. The molecule has 0 radical (unpaired) electrons. The van der Waals surface area contributed by atoms with E-state index in [0.717, 1.165) is 38.6 Å². The molecule has 0 saturated carbocycles. The van der Waals surface area contributed by atoms with Crippen LogP contribution in [0.5, 0.6) is 0 Å². The van der Waals surface area contributed by atoms with E-state index in [2.05, 4.69) is 23.6 Å². The van der Waals surface area contributed by atoms with Crippen molar-refractivity contribution in [2.45, 2.75) is 33.1 Å². The van der Waals surface area contributed by atoms with Crippen LogP contribution in [0.15, 0.2) is 0 Å². The van der Waals surface area contributed by atoms with Gasteiger partial charge in [0.1, 0.15) is 0 Å². The summed E-state index contributed by atoms with van der Waals surface area (Å²) in [7, 11) is 0. The van der Waals surface area contributed by atoms with Gasteiger partial charge < -0.3 is 9.80 Å². The van der Waals surface area contributed by atoms with Crippen molar-refractivity contribution in [3.8, 4) is 0 Å². The van der Waals surface area contributed by atoms with E-state index in [0.29, 0.717) is 11.8 Å². The number of nitrogens with zero attached hydrogens (tertiary/aromatic N) is 2. The monoisotopic (exact) mass is 224 g/mol. The first-order chi connectivity index (χ1) is 7.74. The molecule has 0 aromatic heterocycles. The number of rotatable bonds is 3. The summed E-state index contributed by atoms with van der Waals surface area (Å²) in [4.78, 5) is 16.6. The summed E-state index contributed by atoms with van der Waals surface area (Å²) in [6, 6.07) is 0. The van der Waals surface area contributed by atoms with Gasteiger partial charge in [0, 0.05) is 26.2 Å². The molecule has 2 rings (SSSR count). The van der Waals surface area contributed by atoms with Crippen LogP contribution >= 0.6 is 0 Å². The van der Waals surface area contributed by atoms with Gasteiger partial charge >= 0.3 is 0 Å². The Morgan fingerprint density at radius 2 is 1.81 bits per heavy atom. The van der Waals surface area contributed by atoms with Crippen LogP contribution in [-0.4, -0.2) is 48.4 Å². The number of carbonyl (C=O) groups is 1. The molecule has 2 saturated heterocycles. The average Bonchev–Trinajstić information content (AvgIpc) is 2.27. The molecular formula is C13H24N2O. The Hall–Kier alpha value is -0.570. The van der Waals surface area contributed by atoms with Crippen molar-refractivity contribution in [1.29, 1.82) is 0 Å². The highest BCUT2D eigenvalue weighted by molar-refractivity contribution is 5.80. The minimum absolute atomic E-state index is 0.304. The molecular weight excluding hydrogens is 200 g/mol. The van der Waals surface area contributed by atoms with Gasteiger partial charge in [0.25, 0.3) is 0 Å². The lowest BCUT2D eigenvalue weighted by molar-refractivity contribution is -0.142. The lowest BCUT2D eigenvalue weighted by Crippen LogP contribution is -2.55. The summed E-state index contributed by atoms with van der Waals surface area (Å²) in [5.41, 5.74) is 0. The van der Waals surface area contributed by atoms with Crippen molar-refractivity contribution in [3.05, 3.63) is 0 Å². The van der Waals surface area contributed by atoms with Crippen LogP contribution in [0.2, 0.25) is 0 Å². The number of hydrogen-bond donors (Lipinski definition) is 0. The molecule has 2 aliphatic rings. The molecule has 2 fully saturated rings. The van der Waals surface area contributed by atoms with Crippen molar-refractivity contribution in [3.63, 3.8) is 0 Å². The van der Waals surface area contributed by atoms with E-state index in [1.807, 2.05) is 0 Å². The Labute approximate surface area is 98.8 Å². The molecule has 0 unspecified atom stereocenters. The summed E-state index contributed by atoms with van der Waals surface area (Å²) >= 11 is 0. The van der Waals surface area contributed by atoms with Crippen LogP contribution < -0.4 is 0 Å². The molecule has 0 atom stereocenters. The molecule has 0 aromatic rings. The molecule has 1 amide bonds. The fourth-order valence-electron chi connectivity index (χ4n) is 2.80. The maximum atomic E-state index is 12.1. The van der Waals surface area contributed by atoms with Crippen LogP contribution in [0.1, 0.15) is 33.1 Å². The summed E-state index contributed by atoms with van der Waals surface area (Å²) in [5, 5.41) is 0. The predicted octanol–water partition coefficient (Wildman–Crippen LogP) is 1.59. The maximum absolute atomic E-state index is 12.1. The van der Waals surface area contributed by atoms with Gasteiger partial charge in [-0.15, -0.1) is 0 Å². The van der Waals surface area contributed by atoms with E-state index in [1.54, 1.807) is 0 Å². The van der Waals surface area contributed by atoms with Gasteiger partial charge in [-0.1, -0.05) is 20.3 Å². The Balaban J connectivity index is 1.75. The highest BCUT2D eigenvalue weighted by atomic mass is 16.2. The molecule has 2 heterocycles. The molecule has 2 aliphatic heterocycles. The third-order valence-electron chi connectivity index (χ3n) is 4.26. The van der Waals surface area contributed by atoms with Crippen molar-refractivity contribution in [1.82, 2.24) is 9.80 Å². The molecule has 3 heteroatoms. The first-order valence-corrected chi connectivity index (χ1v) is 6.75. The number of likely N-dealkylation sites (tertiary alicyclic amines) is 2. The fraction of sp³-hybridized carbons (Fsp3) is 0.923. The van der Waals surface area contributed by atoms with Gasteiger partial charge in [-0.2, -0.15) is 0 Å². The van der Waals surface area contributed by atoms with Crippen LogP contribution in [0.4, 0.5) is 0 Å². The summed E-state index contributed by atoms with van der Waals surface area (Å²) < 4.78 is 0. The molecule has 3 nitrogen and oxygen atoms in total. The Bertz CT molecular complexity index is 240. The van der Waals surface area contributed by atoms with Gasteiger partial charge in [-0.05, 0) is 25.3 Å². The van der Waals surface area contributed by atoms with Crippen molar-refractivity contribution in [2.24, 2.45) is 11.8 Å². The second kappa shape index (κ2) is 5.17. The minimum Gasteiger partial charge on any atom is -0.342 e. The van der Waals surface area contributed by atoms with Crippen LogP contribution in [-0.2, 0) is 4.79 Å². The molecule has 92 valence electrons. The van der Waals surface area contributed by atoms with Gasteiger partial charge in [-0.3, -0.25) is 4.79 Å². The summed E-state index contributed by atoms with van der Waals surface area (Å²) in [6.07, 6.45) is 3.70. The number of carbonyl (C=O) groups excluding carboxylic acids is 1. The Morgan fingerprint density at radius 3 is 2.31 bits per heavy atom. The minimum atomic E-state index is 0.304. The third kappa shape index (κ3) is 2.40. The van der Waals surface area contributed by atoms with E-state index in [1.165, 1.54) is 19.3 Å². The lowest BCUT2D eigenvalue weighted by atomic mass is 9.92. The third-order valence-corrected chi connectivity index (χ3v) is 4.26. The summed E-state index contributed by atoms with van der Waals surface area (Å²) in [6.45, 7) is 9.48. The molecule has 0 aliphatic carbocycles. The highest BCUT2D eigenvalue weighted by Gasteiger charge is 2.35. The van der Waals surface area contributed by atoms with Gasteiger partial charge in [0.15, 0.2) is 0 Å². The quantitative estimate of drug-likeness (QED) is 0.727. The molecule has 0 aromatic carbocycles. The van der Waals surface area contributed by atoms with Crippen LogP contribution in [0, 0.1) is 11.8 Å². The number of piperidine rings is 1. The molecule has 0 N–H and O–H groups in total. The molecule has 16 heavy (non-hydrogen) atoms. The molecule has 0 spiro atoms. The van der Waals surface area contributed by atoms with E-state index >= 15 is 0 Å². The van der Waals surface area contributed by atoms with Crippen LogP contribution in [0.25, 0.3) is 0 Å². The van der Waals surface area contributed by atoms with E-state index in [4.69, 9.17) is 0 Å². The standard InChI is InChI=1S/C13H24N2O/c1-3-11-5-7-15(8-6-11)13(16)12-9-14(4-2)10-12/h11-12H,3-10H2,1-2H3. The van der Waals surface area contributed by atoms with E-state index in [-0.39, 0.29) is 0 Å². The zero-order valence-electron chi connectivity index (χ0n) is 10.6. The summed E-state index contributed by atoms with van der Waals surface area (Å²) in [5.74, 6) is 1.58. The number of hydrogen-bond acceptors (Lipinski definition) is 2. The first kappa shape index (κ1) is 11.9. The van der Waals surface area contributed by atoms with Gasteiger partial charge in [-0.25, -0.2) is 0 Å². The fourth-order valence-corrected chi connectivity index (χ4v) is 2.80. The maximum Gasteiger partial charge on any atom is 0.228 e. The van der Waals surface area contributed by atoms with Gasteiger partial charge in [0.05, 0.1) is 5.92 Å². The first-order valence-electron chi connectivity index (χ1n) is 6.75. The second-order valence-corrected chi connectivity index (χ2v) is 5.23. The smallest absolute Gasteiger partial charge is 0.228 e.